The molecule has 0 fully saturated rings. The fourth-order valence-corrected chi connectivity index (χ4v) is 3.54. The van der Waals surface area contributed by atoms with Gasteiger partial charge in [0.1, 0.15) is 0 Å². The van der Waals surface area contributed by atoms with Crippen molar-refractivity contribution in [1.29, 1.82) is 0 Å². The number of fused-ring (bicyclic) bond motifs is 1. The molecule has 108 valence electrons. The molecule has 0 spiro atoms. The molecule has 2 nitrogen and oxygen atoms in total. The lowest BCUT2D eigenvalue weighted by atomic mass is 9.88. The van der Waals surface area contributed by atoms with E-state index in [0.717, 1.165) is 24.2 Å². The zero-order valence-corrected chi connectivity index (χ0v) is 12.7. The van der Waals surface area contributed by atoms with Gasteiger partial charge in [0.05, 0.1) is 11.8 Å². The molecule has 0 saturated heterocycles. The summed E-state index contributed by atoms with van der Waals surface area (Å²) in [6.07, 6.45) is 3.31. The number of benzene rings is 2. The molecule has 3 heteroatoms. The lowest BCUT2D eigenvalue weighted by Crippen LogP contribution is -2.32. The number of nitrogens with one attached hydrogen (secondary N) is 1. The topological polar surface area (TPSA) is 29.1 Å². The Labute approximate surface area is 130 Å². The van der Waals surface area contributed by atoms with Crippen molar-refractivity contribution < 1.29 is 4.79 Å². The van der Waals surface area contributed by atoms with Gasteiger partial charge in [-0.3, -0.25) is 4.79 Å². The zero-order valence-electron chi connectivity index (χ0n) is 11.9. The second kappa shape index (κ2) is 6.81. The second-order valence-electron chi connectivity index (χ2n) is 5.31. The number of hydrogen-bond acceptors (Lipinski definition) is 2. The van der Waals surface area contributed by atoms with Gasteiger partial charge in [-0.25, -0.2) is 0 Å². The maximum atomic E-state index is 12.2. The standard InChI is InChI=1S/C18H19NOS/c20-18(13-21-15-9-2-1-3-10-15)19-17-12-6-8-14-7-4-5-11-16(14)17/h1-5,7,9-11,17H,6,8,12-13H2,(H,19,20). The second-order valence-corrected chi connectivity index (χ2v) is 6.36. The normalized spacial score (nSPS) is 17.0. The van der Waals surface area contributed by atoms with Gasteiger partial charge in [0.25, 0.3) is 0 Å². The largest absolute Gasteiger partial charge is 0.349 e. The van der Waals surface area contributed by atoms with E-state index in [9.17, 15) is 4.79 Å². The van der Waals surface area contributed by atoms with E-state index in [1.165, 1.54) is 11.1 Å². The van der Waals surface area contributed by atoms with Crippen molar-refractivity contribution in [3.05, 3.63) is 65.7 Å². The van der Waals surface area contributed by atoms with Crippen LogP contribution in [-0.4, -0.2) is 11.7 Å². The van der Waals surface area contributed by atoms with Crippen LogP contribution in [-0.2, 0) is 11.2 Å². The van der Waals surface area contributed by atoms with E-state index in [1.807, 2.05) is 30.3 Å². The van der Waals surface area contributed by atoms with Gasteiger partial charge < -0.3 is 5.32 Å². The first-order valence-corrected chi connectivity index (χ1v) is 8.36. The molecule has 2 aromatic rings. The van der Waals surface area contributed by atoms with Crippen molar-refractivity contribution in [3.63, 3.8) is 0 Å². The highest BCUT2D eigenvalue weighted by atomic mass is 32.2. The van der Waals surface area contributed by atoms with Crippen LogP contribution in [0.2, 0.25) is 0 Å². The Balaban J connectivity index is 1.58. The average Bonchev–Trinajstić information content (AvgIpc) is 2.54. The summed E-state index contributed by atoms with van der Waals surface area (Å²) in [4.78, 5) is 13.3. The van der Waals surface area contributed by atoms with Crippen LogP contribution >= 0.6 is 11.8 Å². The molecule has 0 saturated carbocycles. The third-order valence-corrected chi connectivity index (χ3v) is 4.83. The molecule has 0 aliphatic heterocycles. The molecule has 0 aromatic heterocycles. The molecular formula is C18H19NOS. The Morgan fingerprint density at radius 1 is 1.10 bits per heavy atom. The monoisotopic (exact) mass is 297 g/mol. The molecule has 1 amide bonds. The van der Waals surface area contributed by atoms with Gasteiger partial charge >= 0.3 is 0 Å². The lowest BCUT2D eigenvalue weighted by Gasteiger charge is -2.26. The minimum absolute atomic E-state index is 0.116. The van der Waals surface area contributed by atoms with Gasteiger partial charge in [-0.05, 0) is 42.5 Å². The van der Waals surface area contributed by atoms with Gasteiger partial charge in [-0.2, -0.15) is 0 Å². The molecule has 21 heavy (non-hydrogen) atoms. The number of thioether (sulfide) groups is 1. The highest BCUT2D eigenvalue weighted by Gasteiger charge is 2.21. The molecule has 0 bridgehead atoms. The van der Waals surface area contributed by atoms with Crippen molar-refractivity contribution in [2.24, 2.45) is 0 Å². The highest BCUT2D eigenvalue weighted by molar-refractivity contribution is 8.00. The summed E-state index contributed by atoms with van der Waals surface area (Å²) >= 11 is 1.59. The third kappa shape index (κ3) is 3.67. The molecule has 3 rings (SSSR count). The Kier molecular flexibility index (Phi) is 4.61. The van der Waals surface area contributed by atoms with Crippen LogP contribution in [0, 0.1) is 0 Å². The molecular weight excluding hydrogens is 278 g/mol. The number of hydrogen-bond donors (Lipinski definition) is 1. The Hall–Kier alpha value is -1.74. The van der Waals surface area contributed by atoms with Crippen LogP contribution in [0.4, 0.5) is 0 Å². The summed E-state index contributed by atoms with van der Waals surface area (Å²) < 4.78 is 0. The van der Waals surface area contributed by atoms with Gasteiger partial charge in [0.15, 0.2) is 0 Å². The van der Waals surface area contributed by atoms with E-state index in [1.54, 1.807) is 11.8 Å². The molecule has 1 aliphatic carbocycles. The molecule has 1 unspecified atom stereocenters. The fraction of sp³-hybridized carbons (Fsp3) is 0.278. The summed E-state index contributed by atoms with van der Waals surface area (Å²) in [6.45, 7) is 0. The molecule has 2 aromatic carbocycles. The number of rotatable bonds is 4. The molecule has 1 aliphatic rings. The van der Waals surface area contributed by atoms with Gasteiger partial charge in [-0.15, -0.1) is 11.8 Å². The van der Waals surface area contributed by atoms with Crippen molar-refractivity contribution in [2.75, 3.05) is 5.75 Å². The van der Waals surface area contributed by atoms with E-state index < -0.39 is 0 Å². The quantitative estimate of drug-likeness (QED) is 0.865. The van der Waals surface area contributed by atoms with Gasteiger partial charge in [-0.1, -0.05) is 42.5 Å². The van der Waals surface area contributed by atoms with Crippen molar-refractivity contribution >= 4 is 17.7 Å². The summed E-state index contributed by atoms with van der Waals surface area (Å²) in [7, 11) is 0. The molecule has 0 heterocycles. The number of aryl methyl sites for hydroxylation is 1. The SMILES string of the molecule is O=C(CSc1ccccc1)NC1CCCc2ccccc21. The van der Waals surface area contributed by atoms with E-state index >= 15 is 0 Å². The third-order valence-electron chi connectivity index (χ3n) is 3.82. The van der Waals surface area contributed by atoms with Crippen LogP contribution in [0.15, 0.2) is 59.5 Å². The van der Waals surface area contributed by atoms with Crippen molar-refractivity contribution in [2.45, 2.75) is 30.2 Å². The first-order valence-electron chi connectivity index (χ1n) is 7.38. The number of carbonyl (C=O) groups is 1. The average molecular weight is 297 g/mol. The lowest BCUT2D eigenvalue weighted by molar-refractivity contribution is -0.119. The summed E-state index contributed by atoms with van der Waals surface area (Å²) in [6, 6.07) is 18.7. The predicted octanol–water partition coefficient (Wildman–Crippen LogP) is 3.97. The van der Waals surface area contributed by atoms with E-state index in [2.05, 4.69) is 29.6 Å². The maximum Gasteiger partial charge on any atom is 0.230 e. The molecule has 1 atom stereocenters. The number of amides is 1. The summed E-state index contributed by atoms with van der Waals surface area (Å²) in [5, 5.41) is 3.19. The Morgan fingerprint density at radius 3 is 2.71 bits per heavy atom. The van der Waals surface area contributed by atoms with Crippen LogP contribution in [0.3, 0.4) is 0 Å². The van der Waals surface area contributed by atoms with E-state index in [4.69, 9.17) is 0 Å². The Morgan fingerprint density at radius 2 is 1.86 bits per heavy atom. The Bertz CT molecular complexity index is 612. The van der Waals surface area contributed by atoms with Crippen LogP contribution < -0.4 is 5.32 Å². The minimum Gasteiger partial charge on any atom is -0.349 e. The van der Waals surface area contributed by atoms with Crippen LogP contribution in [0.25, 0.3) is 0 Å². The highest BCUT2D eigenvalue weighted by Crippen LogP contribution is 2.29. The van der Waals surface area contributed by atoms with Crippen molar-refractivity contribution in [3.8, 4) is 0 Å². The summed E-state index contributed by atoms with van der Waals surface area (Å²) in [5.41, 5.74) is 2.67. The molecule has 1 N–H and O–H groups in total. The summed E-state index contributed by atoms with van der Waals surface area (Å²) in [5.74, 6) is 0.591. The molecule has 0 radical (unpaired) electrons. The maximum absolute atomic E-state index is 12.2. The smallest absolute Gasteiger partial charge is 0.230 e. The first kappa shape index (κ1) is 14.2. The number of carbonyl (C=O) groups excluding carboxylic acids is 1. The van der Waals surface area contributed by atoms with Crippen molar-refractivity contribution in [1.82, 2.24) is 5.32 Å². The van der Waals surface area contributed by atoms with E-state index in [0.29, 0.717) is 5.75 Å². The van der Waals surface area contributed by atoms with E-state index in [-0.39, 0.29) is 11.9 Å². The first-order chi connectivity index (χ1) is 10.3. The minimum atomic E-state index is 0.116. The fourth-order valence-electron chi connectivity index (χ4n) is 2.81. The van der Waals surface area contributed by atoms with Crippen LogP contribution in [0.5, 0.6) is 0 Å². The predicted molar refractivity (Wildman–Crippen MR) is 87.4 cm³/mol. The van der Waals surface area contributed by atoms with Crippen LogP contribution in [0.1, 0.15) is 30.0 Å². The van der Waals surface area contributed by atoms with Gasteiger partial charge in [0, 0.05) is 4.90 Å². The van der Waals surface area contributed by atoms with Gasteiger partial charge in [0.2, 0.25) is 5.91 Å². The zero-order chi connectivity index (χ0) is 14.5.